The zero-order valence-electron chi connectivity index (χ0n) is 9.93. The Morgan fingerprint density at radius 2 is 2.00 bits per heavy atom. The molecule has 0 fully saturated rings. The minimum absolute atomic E-state index is 0.115. The molecule has 1 aromatic rings. The number of nitrogens with one attached hydrogen (secondary N) is 1. The van der Waals surface area contributed by atoms with Gasteiger partial charge in [0, 0.05) is 21.9 Å². The van der Waals surface area contributed by atoms with E-state index in [1.165, 1.54) is 0 Å². The van der Waals surface area contributed by atoms with Gasteiger partial charge in [-0.05, 0) is 59.9 Å². The van der Waals surface area contributed by atoms with E-state index in [2.05, 4.69) is 55.5 Å². The number of hydrogen-bond acceptors (Lipinski definition) is 3. The van der Waals surface area contributed by atoms with Gasteiger partial charge in [-0.3, -0.25) is 0 Å². The molecular weight excluding hydrogens is 428 g/mol. The van der Waals surface area contributed by atoms with Crippen molar-refractivity contribution in [3.05, 3.63) is 21.9 Å². The van der Waals surface area contributed by atoms with Crippen molar-refractivity contribution in [3.8, 4) is 0 Å². The molecule has 0 aliphatic carbocycles. The van der Waals surface area contributed by atoms with E-state index in [9.17, 15) is 0 Å². The van der Waals surface area contributed by atoms with Crippen LogP contribution < -0.4 is 11.1 Å². The zero-order valence-corrected chi connectivity index (χ0v) is 14.2. The molecule has 3 N–H and O–H groups in total. The number of halogens is 2. The van der Waals surface area contributed by atoms with Gasteiger partial charge in [0.2, 0.25) is 0 Å². The Morgan fingerprint density at radius 3 is 2.44 bits per heavy atom. The summed E-state index contributed by atoms with van der Waals surface area (Å²) in [4.78, 5) is 6.21. The summed E-state index contributed by atoms with van der Waals surface area (Å²) in [6.07, 6.45) is 2.77. The molecule has 0 aliphatic rings. The van der Waals surface area contributed by atoms with Crippen molar-refractivity contribution in [1.82, 2.24) is 4.98 Å². The topological polar surface area (TPSA) is 50.9 Å². The van der Waals surface area contributed by atoms with Crippen LogP contribution in [-0.2, 0) is 0 Å². The van der Waals surface area contributed by atoms with E-state index in [4.69, 9.17) is 5.73 Å². The number of pyridine rings is 1. The molecule has 0 radical (unpaired) electrons. The van der Waals surface area contributed by atoms with Gasteiger partial charge in [-0.25, -0.2) is 4.98 Å². The Kier molecular flexibility index (Phi) is 8.65. The smallest absolute Gasteiger partial charge is 0.125 e. The zero-order chi connectivity index (χ0) is 12.6. The maximum Gasteiger partial charge on any atom is 0.125 e. The van der Waals surface area contributed by atoms with E-state index < -0.39 is 0 Å². The molecule has 0 atom stereocenters. The third-order valence-electron chi connectivity index (χ3n) is 1.80. The minimum Gasteiger partial charge on any atom is -0.370 e. The summed E-state index contributed by atoms with van der Waals surface area (Å²) < 4.78 is 1.15. The van der Waals surface area contributed by atoms with Crippen molar-refractivity contribution in [2.75, 3.05) is 16.8 Å². The molecule has 0 spiro atoms. The van der Waals surface area contributed by atoms with Gasteiger partial charge in [-0.15, -0.1) is 0 Å². The first-order chi connectivity index (χ1) is 7.47. The predicted molar refractivity (Wildman–Crippen MR) is 88.3 cm³/mol. The SMILES string of the molecule is CC(C)(N)CCNc1ccc(I)cn1.CI. The van der Waals surface area contributed by atoms with E-state index in [0.29, 0.717) is 0 Å². The second-order valence-corrected chi connectivity index (χ2v) is 5.27. The van der Waals surface area contributed by atoms with Gasteiger partial charge in [-0.2, -0.15) is 0 Å². The van der Waals surface area contributed by atoms with Gasteiger partial charge < -0.3 is 11.1 Å². The maximum absolute atomic E-state index is 5.86. The van der Waals surface area contributed by atoms with Crippen molar-refractivity contribution in [2.45, 2.75) is 25.8 Å². The van der Waals surface area contributed by atoms with Crippen LogP contribution in [0.5, 0.6) is 0 Å². The van der Waals surface area contributed by atoms with Crippen LogP contribution in [0, 0.1) is 3.57 Å². The standard InChI is InChI=1S/C10H16IN3.CH3I/c1-10(2,12)5-6-13-9-4-3-8(11)7-14-9;1-2/h3-4,7H,5-6,12H2,1-2H3,(H,13,14);1H3. The Hall–Kier alpha value is 0.370. The number of nitrogens with two attached hydrogens (primary N) is 1. The quantitative estimate of drug-likeness (QED) is 0.551. The summed E-state index contributed by atoms with van der Waals surface area (Å²) in [6, 6.07) is 4.01. The first-order valence-electron chi connectivity index (χ1n) is 4.99. The summed E-state index contributed by atoms with van der Waals surface area (Å²) in [5, 5.41) is 3.23. The fourth-order valence-corrected chi connectivity index (χ4v) is 1.31. The number of nitrogens with zero attached hydrogens (tertiary/aromatic N) is 1. The number of anilines is 1. The third kappa shape index (κ3) is 8.51. The summed E-state index contributed by atoms with van der Waals surface area (Å²) >= 11 is 4.39. The third-order valence-corrected chi connectivity index (χ3v) is 2.44. The van der Waals surface area contributed by atoms with Crippen molar-refractivity contribution in [2.24, 2.45) is 5.73 Å². The van der Waals surface area contributed by atoms with E-state index in [-0.39, 0.29) is 5.54 Å². The highest BCUT2D eigenvalue weighted by Crippen LogP contribution is 2.08. The van der Waals surface area contributed by atoms with Crippen molar-refractivity contribution in [3.63, 3.8) is 0 Å². The molecule has 0 aromatic carbocycles. The molecule has 0 bridgehead atoms. The van der Waals surface area contributed by atoms with Crippen LogP contribution in [0.15, 0.2) is 18.3 Å². The van der Waals surface area contributed by atoms with E-state index in [0.717, 1.165) is 22.4 Å². The van der Waals surface area contributed by atoms with Gasteiger partial charge in [0.1, 0.15) is 5.82 Å². The van der Waals surface area contributed by atoms with Gasteiger partial charge in [0.05, 0.1) is 0 Å². The summed E-state index contributed by atoms with van der Waals surface area (Å²) in [5.74, 6) is 0.912. The normalized spacial score (nSPS) is 10.4. The highest BCUT2D eigenvalue weighted by atomic mass is 127. The summed E-state index contributed by atoms with van der Waals surface area (Å²) in [6.45, 7) is 4.91. The lowest BCUT2D eigenvalue weighted by Gasteiger charge is -2.18. The van der Waals surface area contributed by atoms with Gasteiger partial charge in [0.15, 0.2) is 0 Å². The van der Waals surface area contributed by atoms with Gasteiger partial charge >= 0.3 is 0 Å². The first kappa shape index (κ1) is 16.4. The van der Waals surface area contributed by atoms with Crippen LogP contribution in [0.3, 0.4) is 0 Å². The highest BCUT2D eigenvalue weighted by molar-refractivity contribution is 14.1. The van der Waals surface area contributed by atoms with Crippen LogP contribution in [-0.4, -0.2) is 22.0 Å². The molecule has 92 valence electrons. The van der Waals surface area contributed by atoms with Crippen molar-refractivity contribution in [1.29, 1.82) is 0 Å². The first-order valence-corrected chi connectivity index (χ1v) is 8.23. The Bertz CT molecular complexity index is 280. The van der Waals surface area contributed by atoms with Crippen LogP contribution in [0.4, 0.5) is 5.82 Å². The lowest BCUT2D eigenvalue weighted by atomic mass is 10.0. The Balaban J connectivity index is 0.00000106. The predicted octanol–water partition coefficient (Wildman–Crippen LogP) is 3.28. The second-order valence-electron chi connectivity index (χ2n) is 4.03. The van der Waals surface area contributed by atoms with E-state index in [1.54, 1.807) is 0 Å². The average molecular weight is 447 g/mol. The highest BCUT2D eigenvalue weighted by Gasteiger charge is 2.09. The van der Waals surface area contributed by atoms with Crippen LogP contribution in [0.25, 0.3) is 0 Å². The lowest BCUT2D eigenvalue weighted by molar-refractivity contribution is 0.490. The van der Waals surface area contributed by atoms with E-state index >= 15 is 0 Å². The van der Waals surface area contributed by atoms with Gasteiger partial charge in [0.25, 0.3) is 0 Å². The number of hydrogen-bond donors (Lipinski definition) is 2. The molecule has 1 rings (SSSR count). The largest absolute Gasteiger partial charge is 0.370 e. The lowest BCUT2D eigenvalue weighted by Crippen LogP contribution is -2.34. The Morgan fingerprint density at radius 1 is 1.38 bits per heavy atom. The van der Waals surface area contributed by atoms with Crippen molar-refractivity contribution < 1.29 is 0 Å². The number of rotatable bonds is 4. The van der Waals surface area contributed by atoms with E-state index in [1.807, 2.05) is 37.1 Å². The maximum atomic E-state index is 5.86. The van der Waals surface area contributed by atoms with Crippen LogP contribution in [0.2, 0.25) is 0 Å². The molecule has 16 heavy (non-hydrogen) atoms. The van der Waals surface area contributed by atoms with Crippen LogP contribution >= 0.6 is 45.2 Å². The molecule has 1 heterocycles. The van der Waals surface area contributed by atoms with Crippen LogP contribution in [0.1, 0.15) is 20.3 Å². The molecule has 0 amide bonds. The minimum atomic E-state index is -0.115. The van der Waals surface area contributed by atoms with Crippen molar-refractivity contribution >= 4 is 51.0 Å². The molecule has 0 unspecified atom stereocenters. The van der Waals surface area contributed by atoms with Gasteiger partial charge in [-0.1, -0.05) is 22.6 Å². The molecule has 0 saturated heterocycles. The molecular formula is C11H19I2N3. The Labute approximate surface area is 125 Å². The fraction of sp³-hybridized carbons (Fsp3) is 0.545. The second kappa shape index (κ2) is 8.46. The number of alkyl halides is 1. The molecule has 5 heteroatoms. The molecule has 1 aromatic heterocycles. The summed E-state index contributed by atoms with van der Waals surface area (Å²) in [7, 11) is 0. The fourth-order valence-electron chi connectivity index (χ4n) is 0.993. The molecule has 0 saturated carbocycles. The summed E-state index contributed by atoms with van der Waals surface area (Å²) in [5.41, 5.74) is 5.75. The molecule has 3 nitrogen and oxygen atoms in total. The number of aromatic nitrogens is 1. The monoisotopic (exact) mass is 447 g/mol. The average Bonchev–Trinajstić information content (AvgIpc) is 2.22. The molecule has 0 aliphatic heterocycles.